The van der Waals surface area contributed by atoms with E-state index >= 15 is 0 Å². The third kappa shape index (κ3) is 3.50. The number of nitrogens with zero attached hydrogens (tertiary/aromatic N) is 2. The lowest BCUT2D eigenvalue weighted by Crippen LogP contribution is -2.20. The molecule has 30 heavy (non-hydrogen) atoms. The Hall–Kier alpha value is -3.40. The number of carbonyl (C=O) groups is 1. The summed E-state index contributed by atoms with van der Waals surface area (Å²) in [6, 6.07) is 22.8. The first-order valence-electron chi connectivity index (χ1n) is 10.7. The molecule has 1 heterocycles. The zero-order chi connectivity index (χ0) is 20.3. The van der Waals surface area contributed by atoms with Crippen LogP contribution < -0.4 is 5.43 Å². The minimum absolute atomic E-state index is 0.0613. The molecule has 0 saturated carbocycles. The van der Waals surface area contributed by atoms with Gasteiger partial charge in [0.25, 0.3) is 0 Å². The monoisotopic (exact) mass is 395 g/mol. The fraction of sp³-hybridized carbons (Fsp3) is 0.231. The zero-order valence-corrected chi connectivity index (χ0v) is 17.0. The lowest BCUT2D eigenvalue weighted by atomic mass is 9.95. The van der Waals surface area contributed by atoms with Crippen molar-refractivity contribution >= 4 is 33.8 Å². The van der Waals surface area contributed by atoms with Crippen LogP contribution in [0.2, 0.25) is 0 Å². The molecule has 1 aromatic heterocycles. The van der Waals surface area contributed by atoms with Crippen LogP contribution in [0, 0.1) is 0 Å². The lowest BCUT2D eigenvalue weighted by Gasteiger charge is -2.15. The van der Waals surface area contributed by atoms with Crippen LogP contribution in [0.4, 0.5) is 0 Å². The third-order valence-electron chi connectivity index (χ3n) is 6.06. The molecule has 0 bridgehead atoms. The molecule has 150 valence electrons. The molecule has 0 atom stereocenters. The Morgan fingerprint density at radius 2 is 1.70 bits per heavy atom. The van der Waals surface area contributed by atoms with Crippen LogP contribution in [-0.4, -0.2) is 16.7 Å². The number of rotatable bonds is 5. The second-order valence-corrected chi connectivity index (χ2v) is 7.91. The van der Waals surface area contributed by atoms with Crippen LogP contribution in [0.5, 0.6) is 0 Å². The maximum absolute atomic E-state index is 12.5. The highest BCUT2D eigenvalue weighted by Gasteiger charge is 2.19. The van der Waals surface area contributed by atoms with E-state index < -0.39 is 0 Å². The van der Waals surface area contributed by atoms with Crippen molar-refractivity contribution in [3.63, 3.8) is 0 Å². The number of hydrogen-bond acceptors (Lipinski definition) is 2. The fourth-order valence-electron chi connectivity index (χ4n) is 4.65. The minimum Gasteiger partial charge on any atom is -0.344 e. The third-order valence-corrected chi connectivity index (χ3v) is 6.06. The Morgan fingerprint density at radius 3 is 2.63 bits per heavy atom. The summed E-state index contributed by atoms with van der Waals surface area (Å²) in [7, 11) is 0. The lowest BCUT2D eigenvalue weighted by molar-refractivity contribution is -0.121. The van der Waals surface area contributed by atoms with Gasteiger partial charge in [0.15, 0.2) is 0 Å². The van der Waals surface area contributed by atoms with Crippen LogP contribution in [0.25, 0.3) is 21.7 Å². The van der Waals surface area contributed by atoms with E-state index in [1.54, 1.807) is 6.21 Å². The molecule has 1 N–H and O–H groups in total. The van der Waals surface area contributed by atoms with E-state index in [9.17, 15) is 4.79 Å². The van der Waals surface area contributed by atoms with Gasteiger partial charge in [0.2, 0.25) is 5.91 Å². The van der Waals surface area contributed by atoms with E-state index in [1.165, 1.54) is 35.0 Å². The Labute approximate surface area is 176 Å². The summed E-state index contributed by atoms with van der Waals surface area (Å²) in [5.74, 6) is -0.0613. The van der Waals surface area contributed by atoms with Crippen molar-refractivity contribution in [3.8, 4) is 0 Å². The van der Waals surface area contributed by atoms with Gasteiger partial charge in [-0.2, -0.15) is 5.10 Å². The Kier molecular flexibility index (Phi) is 5.06. The van der Waals surface area contributed by atoms with Gasteiger partial charge >= 0.3 is 0 Å². The predicted molar refractivity (Wildman–Crippen MR) is 123 cm³/mol. The number of amides is 1. The van der Waals surface area contributed by atoms with Gasteiger partial charge < -0.3 is 4.57 Å². The second kappa shape index (κ2) is 8.15. The molecular formula is C26H25N3O. The van der Waals surface area contributed by atoms with E-state index in [2.05, 4.69) is 57.6 Å². The number of hydrogen-bond donors (Lipinski definition) is 1. The summed E-state index contributed by atoms with van der Waals surface area (Å²) in [4.78, 5) is 12.5. The number of hydrazone groups is 1. The number of aromatic nitrogens is 1. The topological polar surface area (TPSA) is 46.4 Å². The molecule has 0 fully saturated rings. The number of fused-ring (bicyclic) bond motifs is 4. The molecule has 4 nitrogen and oxygen atoms in total. The first kappa shape index (κ1) is 18.6. The van der Waals surface area contributed by atoms with Gasteiger partial charge in [-0.3, -0.25) is 4.79 Å². The normalized spacial score (nSPS) is 13.7. The van der Waals surface area contributed by atoms with Gasteiger partial charge in [0.05, 0.1) is 6.21 Å². The second-order valence-electron chi connectivity index (χ2n) is 7.91. The largest absolute Gasteiger partial charge is 0.344 e. The Bertz CT molecular complexity index is 1250. The van der Waals surface area contributed by atoms with Gasteiger partial charge in [-0.15, -0.1) is 0 Å². The average molecular weight is 396 g/mol. The molecule has 4 aromatic rings. The maximum Gasteiger partial charge on any atom is 0.241 e. The smallest absolute Gasteiger partial charge is 0.241 e. The molecule has 0 unspecified atom stereocenters. The number of benzene rings is 3. The van der Waals surface area contributed by atoms with E-state index in [4.69, 9.17) is 0 Å². The maximum atomic E-state index is 12.5. The Balaban J connectivity index is 1.29. The van der Waals surface area contributed by atoms with Gasteiger partial charge in [0.1, 0.15) is 0 Å². The summed E-state index contributed by atoms with van der Waals surface area (Å²) in [6.45, 7) is 0.686. The van der Waals surface area contributed by atoms with E-state index in [-0.39, 0.29) is 5.91 Å². The molecule has 0 aliphatic heterocycles. The minimum atomic E-state index is -0.0613. The molecule has 4 heteroatoms. The summed E-state index contributed by atoms with van der Waals surface area (Å²) in [5.41, 5.74) is 7.84. The molecule has 0 saturated heterocycles. The summed E-state index contributed by atoms with van der Waals surface area (Å²) in [6.07, 6.45) is 6.87. The molecule has 1 aliphatic carbocycles. The van der Waals surface area contributed by atoms with Gasteiger partial charge in [0, 0.05) is 35.1 Å². The van der Waals surface area contributed by atoms with E-state index in [0.717, 1.165) is 29.2 Å². The molecular weight excluding hydrogens is 370 g/mol. The predicted octanol–water partition coefficient (Wildman–Crippen LogP) is 5.21. The molecule has 1 aliphatic rings. The van der Waals surface area contributed by atoms with Crippen molar-refractivity contribution < 1.29 is 4.79 Å². The quantitative estimate of drug-likeness (QED) is 0.366. The average Bonchev–Trinajstić information content (AvgIpc) is 3.12. The Morgan fingerprint density at radius 1 is 0.933 bits per heavy atom. The van der Waals surface area contributed by atoms with Gasteiger partial charge in [-0.1, -0.05) is 60.7 Å². The number of carbonyl (C=O) groups excluding carboxylic acids is 1. The SMILES string of the molecule is O=C(CCn1c2c(c3ccccc31)CCCC2)N/N=C/c1cccc2ccccc12. The first-order chi connectivity index (χ1) is 14.8. The zero-order valence-electron chi connectivity index (χ0n) is 17.0. The van der Waals surface area contributed by atoms with E-state index in [0.29, 0.717) is 13.0 Å². The number of nitrogens with one attached hydrogen (secondary N) is 1. The number of aryl methyl sites for hydroxylation is 2. The van der Waals surface area contributed by atoms with Crippen LogP contribution in [0.3, 0.4) is 0 Å². The van der Waals surface area contributed by atoms with Crippen molar-refractivity contribution in [2.45, 2.75) is 38.6 Å². The fourth-order valence-corrected chi connectivity index (χ4v) is 4.65. The van der Waals surface area contributed by atoms with Gasteiger partial charge in [-0.05, 0) is 48.1 Å². The highest BCUT2D eigenvalue weighted by Crippen LogP contribution is 2.32. The highest BCUT2D eigenvalue weighted by atomic mass is 16.2. The highest BCUT2D eigenvalue weighted by molar-refractivity contribution is 6.00. The molecule has 0 radical (unpaired) electrons. The van der Waals surface area contributed by atoms with Crippen molar-refractivity contribution in [2.75, 3.05) is 0 Å². The first-order valence-corrected chi connectivity index (χ1v) is 10.7. The molecule has 3 aromatic carbocycles. The summed E-state index contributed by atoms with van der Waals surface area (Å²) in [5, 5.41) is 7.85. The van der Waals surface area contributed by atoms with Crippen LogP contribution in [0.1, 0.15) is 36.1 Å². The summed E-state index contributed by atoms with van der Waals surface area (Å²) >= 11 is 0. The van der Waals surface area contributed by atoms with Crippen molar-refractivity contribution in [3.05, 3.63) is 83.6 Å². The van der Waals surface area contributed by atoms with Crippen molar-refractivity contribution in [1.29, 1.82) is 0 Å². The standard InChI is InChI=1S/C26H25N3O/c30-26(28-27-18-20-10-7-9-19-8-1-2-11-21(19)20)16-17-29-24-14-5-3-12-22(24)23-13-4-6-15-25(23)29/h1-3,5,7-12,14,18H,4,6,13,15-17H2,(H,28,30)/b27-18+. The van der Waals surface area contributed by atoms with Crippen LogP contribution in [0.15, 0.2) is 71.8 Å². The van der Waals surface area contributed by atoms with Crippen LogP contribution in [-0.2, 0) is 24.2 Å². The van der Waals surface area contributed by atoms with Crippen molar-refractivity contribution in [2.24, 2.45) is 5.10 Å². The molecule has 0 spiro atoms. The van der Waals surface area contributed by atoms with Crippen LogP contribution >= 0.6 is 0 Å². The number of para-hydroxylation sites is 1. The molecule has 1 amide bonds. The molecule has 5 rings (SSSR count). The summed E-state index contributed by atoms with van der Waals surface area (Å²) < 4.78 is 2.35. The van der Waals surface area contributed by atoms with Crippen molar-refractivity contribution in [1.82, 2.24) is 9.99 Å². The van der Waals surface area contributed by atoms with E-state index in [1.807, 2.05) is 24.3 Å². The van der Waals surface area contributed by atoms with Gasteiger partial charge in [-0.25, -0.2) is 5.43 Å².